The van der Waals surface area contributed by atoms with Gasteiger partial charge in [0.05, 0.1) is 4.92 Å². The monoisotopic (exact) mass is 258 g/mol. The van der Waals surface area contributed by atoms with Crippen molar-refractivity contribution in [2.24, 2.45) is 0 Å². The first-order valence-electron chi connectivity index (χ1n) is 5.42. The number of ether oxygens (including phenoxy) is 1. The van der Waals surface area contributed by atoms with Crippen LogP contribution in [0.3, 0.4) is 0 Å². The maximum absolute atomic E-state index is 10.8. The first kappa shape index (κ1) is 12.6. The number of carbonyl (C=O) groups excluding carboxylic acids is 1. The lowest BCUT2D eigenvalue weighted by atomic mass is 10.3. The Kier molecular flexibility index (Phi) is 3.72. The summed E-state index contributed by atoms with van der Waals surface area (Å²) in [5, 5.41) is 13.3. The highest BCUT2D eigenvalue weighted by Gasteiger charge is 2.14. The lowest BCUT2D eigenvalue weighted by Gasteiger charge is -2.06. The van der Waals surface area contributed by atoms with Gasteiger partial charge in [-0.05, 0) is 30.3 Å². The van der Waals surface area contributed by atoms with Crippen LogP contribution in [0.2, 0.25) is 0 Å². The third-order valence-corrected chi connectivity index (χ3v) is 2.37. The van der Waals surface area contributed by atoms with Crippen molar-refractivity contribution < 1.29 is 14.5 Å². The Hall–Kier alpha value is -2.89. The Morgan fingerprint density at radius 1 is 1.11 bits per heavy atom. The molecule has 0 atom stereocenters. The van der Waals surface area contributed by atoms with E-state index in [0.717, 1.165) is 0 Å². The molecule has 0 heterocycles. The van der Waals surface area contributed by atoms with E-state index in [1.807, 2.05) is 0 Å². The Morgan fingerprint density at radius 3 is 2.42 bits per heavy atom. The molecule has 0 radical (unpaired) electrons. The van der Waals surface area contributed by atoms with E-state index in [-0.39, 0.29) is 11.4 Å². The van der Waals surface area contributed by atoms with Gasteiger partial charge in [-0.1, -0.05) is 12.1 Å². The van der Waals surface area contributed by atoms with Gasteiger partial charge in [-0.25, -0.2) is 0 Å². The number of amides is 1. The Bertz CT molecular complexity index is 596. The first-order valence-corrected chi connectivity index (χ1v) is 5.42. The molecule has 0 aliphatic carbocycles. The lowest BCUT2D eigenvalue weighted by Crippen LogP contribution is -1.94. The minimum Gasteiger partial charge on any atom is -0.450 e. The number of anilines is 1. The zero-order valence-electron chi connectivity index (χ0n) is 9.78. The first-order chi connectivity index (χ1) is 9.20. The van der Waals surface area contributed by atoms with Crippen LogP contribution in [0.5, 0.6) is 11.5 Å². The van der Waals surface area contributed by atoms with Gasteiger partial charge in [0.1, 0.15) is 5.75 Å². The van der Waals surface area contributed by atoms with Crippen molar-refractivity contribution in [3.05, 3.63) is 58.6 Å². The largest absolute Gasteiger partial charge is 0.450 e. The van der Waals surface area contributed by atoms with Crippen LogP contribution in [0.1, 0.15) is 0 Å². The molecule has 0 unspecified atom stereocenters. The van der Waals surface area contributed by atoms with Gasteiger partial charge in [-0.2, -0.15) is 0 Å². The highest BCUT2D eigenvalue weighted by Crippen LogP contribution is 2.31. The summed E-state index contributed by atoms with van der Waals surface area (Å²) in [6, 6.07) is 12.6. The Balaban J connectivity index is 2.21. The van der Waals surface area contributed by atoms with E-state index in [9.17, 15) is 14.9 Å². The molecule has 1 N–H and O–H groups in total. The zero-order chi connectivity index (χ0) is 13.7. The quantitative estimate of drug-likeness (QED) is 0.507. The van der Waals surface area contributed by atoms with Gasteiger partial charge in [-0.3, -0.25) is 14.9 Å². The minimum absolute atomic E-state index is 0.0995. The predicted octanol–water partition coefficient (Wildman–Crippen LogP) is 2.96. The summed E-state index contributed by atoms with van der Waals surface area (Å²) in [5.74, 6) is 0.620. The molecule has 0 fully saturated rings. The minimum atomic E-state index is -0.502. The number of carbonyl (C=O) groups is 1. The fraction of sp³-hybridized carbons (Fsp3) is 0. The second-order valence-electron chi connectivity index (χ2n) is 3.61. The van der Waals surface area contributed by atoms with E-state index in [0.29, 0.717) is 17.8 Å². The third kappa shape index (κ3) is 3.06. The number of benzene rings is 2. The molecule has 0 saturated carbocycles. The van der Waals surface area contributed by atoms with E-state index < -0.39 is 4.92 Å². The summed E-state index contributed by atoms with van der Waals surface area (Å²) in [5.41, 5.74) is 0.516. The Labute approximate surface area is 108 Å². The molecule has 2 rings (SSSR count). The fourth-order valence-corrected chi connectivity index (χ4v) is 1.51. The van der Waals surface area contributed by atoms with E-state index in [4.69, 9.17) is 4.74 Å². The van der Waals surface area contributed by atoms with Crippen molar-refractivity contribution in [1.29, 1.82) is 0 Å². The topological polar surface area (TPSA) is 81.5 Å². The molecular weight excluding hydrogens is 248 g/mol. The zero-order valence-corrected chi connectivity index (χ0v) is 9.78. The lowest BCUT2D eigenvalue weighted by molar-refractivity contribution is -0.385. The summed E-state index contributed by atoms with van der Waals surface area (Å²) >= 11 is 0. The molecule has 0 bridgehead atoms. The van der Waals surface area contributed by atoms with Crippen molar-refractivity contribution in [2.45, 2.75) is 0 Å². The summed E-state index contributed by atoms with van der Waals surface area (Å²) in [4.78, 5) is 20.6. The molecular formula is C13H10N2O4. The molecule has 0 aliphatic heterocycles. The molecule has 0 saturated heterocycles. The molecule has 0 aromatic heterocycles. The number of nitrogens with one attached hydrogen (secondary N) is 1. The molecule has 96 valence electrons. The molecule has 0 spiro atoms. The number of para-hydroxylation sites is 2. The molecule has 1 amide bonds. The molecule has 2 aromatic rings. The second-order valence-corrected chi connectivity index (χ2v) is 3.61. The number of nitro benzene ring substituents is 1. The van der Waals surface area contributed by atoms with E-state index in [1.54, 1.807) is 36.4 Å². The Morgan fingerprint density at radius 2 is 1.79 bits per heavy atom. The average Bonchev–Trinajstić information content (AvgIpc) is 2.42. The maximum Gasteiger partial charge on any atom is 0.311 e. The van der Waals surface area contributed by atoms with Crippen molar-refractivity contribution in [3.63, 3.8) is 0 Å². The number of rotatable bonds is 5. The van der Waals surface area contributed by atoms with E-state index >= 15 is 0 Å². The summed E-state index contributed by atoms with van der Waals surface area (Å²) < 4.78 is 5.45. The van der Waals surface area contributed by atoms with Crippen LogP contribution in [0.15, 0.2) is 48.5 Å². The molecule has 0 aliphatic rings. The molecule has 2 aromatic carbocycles. The molecule has 6 nitrogen and oxygen atoms in total. The SMILES string of the molecule is O=CNc1ccc(Oc2ccccc2[N+](=O)[O-])cc1. The van der Waals surface area contributed by atoms with Gasteiger partial charge in [0.2, 0.25) is 12.2 Å². The van der Waals surface area contributed by atoms with Gasteiger partial charge in [0.25, 0.3) is 0 Å². The average molecular weight is 258 g/mol. The summed E-state index contributed by atoms with van der Waals surface area (Å²) in [6.07, 6.45) is 0.567. The highest BCUT2D eigenvalue weighted by molar-refractivity contribution is 5.71. The van der Waals surface area contributed by atoms with Gasteiger partial charge in [0.15, 0.2) is 0 Å². The normalized spacial score (nSPS) is 9.68. The van der Waals surface area contributed by atoms with Crippen molar-refractivity contribution in [3.8, 4) is 11.5 Å². The second kappa shape index (κ2) is 5.63. The highest BCUT2D eigenvalue weighted by atomic mass is 16.6. The fourth-order valence-electron chi connectivity index (χ4n) is 1.51. The summed E-state index contributed by atoms with van der Waals surface area (Å²) in [7, 11) is 0. The third-order valence-electron chi connectivity index (χ3n) is 2.37. The van der Waals surface area contributed by atoms with Crippen molar-refractivity contribution in [1.82, 2.24) is 0 Å². The van der Waals surface area contributed by atoms with E-state index in [1.165, 1.54) is 12.1 Å². The number of nitro groups is 1. The van der Waals surface area contributed by atoms with Crippen LogP contribution in [0, 0.1) is 10.1 Å². The van der Waals surface area contributed by atoms with Crippen LogP contribution in [0.4, 0.5) is 11.4 Å². The van der Waals surface area contributed by atoms with Crippen LogP contribution < -0.4 is 10.1 Å². The predicted molar refractivity (Wildman–Crippen MR) is 69.3 cm³/mol. The van der Waals surface area contributed by atoms with Gasteiger partial charge in [0, 0.05) is 11.8 Å². The smallest absolute Gasteiger partial charge is 0.311 e. The van der Waals surface area contributed by atoms with Gasteiger partial charge >= 0.3 is 5.69 Å². The van der Waals surface area contributed by atoms with Gasteiger partial charge in [-0.15, -0.1) is 0 Å². The van der Waals surface area contributed by atoms with Crippen molar-refractivity contribution in [2.75, 3.05) is 5.32 Å². The number of hydrogen-bond acceptors (Lipinski definition) is 4. The summed E-state index contributed by atoms with van der Waals surface area (Å²) in [6.45, 7) is 0. The number of hydrogen-bond donors (Lipinski definition) is 1. The maximum atomic E-state index is 10.8. The van der Waals surface area contributed by atoms with Crippen LogP contribution in [-0.2, 0) is 4.79 Å². The van der Waals surface area contributed by atoms with Crippen LogP contribution in [-0.4, -0.2) is 11.3 Å². The van der Waals surface area contributed by atoms with Crippen LogP contribution in [0.25, 0.3) is 0 Å². The molecule has 6 heteroatoms. The van der Waals surface area contributed by atoms with Crippen molar-refractivity contribution >= 4 is 17.8 Å². The van der Waals surface area contributed by atoms with Gasteiger partial charge < -0.3 is 10.1 Å². The van der Waals surface area contributed by atoms with E-state index in [2.05, 4.69) is 5.32 Å². The number of nitrogens with zero attached hydrogens (tertiary/aromatic N) is 1. The molecule has 19 heavy (non-hydrogen) atoms. The standard InChI is InChI=1S/C13H10N2O4/c16-9-14-10-5-7-11(8-6-10)19-13-4-2-1-3-12(13)15(17)18/h1-9H,(H,14,16). The van der Waals surface area contributed by atoms with Crippen LogP contribution >= 0.6 is 0 Å².